The predicted molar refractivity (Wildman–Crippen MR) is 54.0 cm³/mol. The summed E-state index contributed by atoms with van der Waals surface area (Å²) in [5.41, 5.74) is 6.10. The number of rotatable bonds is 3. The van der Waals surface area contributed by atoms with E-state index < -0.39 is 6.03 Å². The highest BCUT2D eigenvalue weighted by atomic mass is 16.5. The molecular weight excluding hydrogens is 180 g/mol. The van der Waals surface area contributed by atoms with E-state index in [0.29, 0.717) is 6.54 Å². The van der Waals surface area contributed by atoms with Crippen molar-refractivity contribution in [2.75, 3.05) is 14.2 Å². The van der Waals surface area contributed by atoms with Crippen molar-refractivity contribution in [2.45, 2.75) is 6.54 Å². The van der Waals surface area contributed by atoms with Gasteiger partial charge in [-0.25, -0.2) is 4.79 Å². The quantitative estimate of drug-likeness (QED) is 0.786. The summed E-state index contributed by atoms with van der Waals surface area (Å²) in [4.78, 5) is 12.2. The molecule has 2 amide bonds. The summed E-state index contributed by atoms with van der Waals surface area (Å²) in [6.45, 7) is 0.493. The minimum atomic E-state index is -0.437. The summed E-state index contributed by atoms with van der Waals surface area (Å²) in [6.07, 6.45) is 0. The molecule has 4 nitrogen and oxygen atoms in total. The fraction of sp³-hybridized carbons (Fsp3) is 0.300. The Morgan fingerprint density at radius 3 is 2.86 bits per heavy atom. The number of hydrogen-bond acceptors (Lipinski definition) is 2. The lowest BCUT2D eigenvalue weighted by Gasteiger charge is -2.14. The first-order valence-electron chi connectivity index (χ1n) is 4.27. The van der Waals surface area contributed by atoms with Gasteiger partial charge in [0, 0.05) is 13.6 Å². The Hall–Kier alpha value is -1.71. The lowest BCUT2D eigenvalue weighted by atomic mass is 10.2. The monoisotopic (exact) mass is 194 g/mol. The normalized spacial score (nSPS) is 9.57. The molecule has 0 aliphatic rings. The molecule has 0 saturated carbocycles. The lowest BCUT2D eigenvalue weighted by Crippen LogP contribution is -2.31. The maximum absolute atomic E-state index is 10.8. The predicted octanol–water partition coefficient (Wildman–Crippen LogP) is 1.21. The molecule has 1 rings (SSSR count). The molecule has 1 aromatic carbocycles. The molecule has 0 fully saturated rings. The van der Waals surface area contributed by atoms with Crippen molar-refractivity contribution < 1.29 is 9.53 Å². The van der Waals surface area contributed by atoms with Crippen LogP contribution in [0.1, 0.15) is 5.56 Å². The number of nitrogens with two attached hydrogens (primary N) is 1. The van der Waals surface area contributed by atoms with Gasteiger partial charge in [-0.15, -0.1) is 0 Å². The van der Waals surface area contributed by atoms with Crippen molar-refractivity contribution >= 4 is 6.03 Å². The minimum absolute atomic E-state index is 0.437. The second-order valence-corrected chi connectivity index (χ2v) is 3.05. The molecule has 2 N–H and O–H groups in total. The second kappa shape index (κ2) is 4.50. The zero-order valence-corrected chi connectivity index (χ0v) is 8.36. The Morgan fingerprint density at radius 1 is 1.57 bits per heavy atom. The highest BCUT2D eigenvalue weighted by molar-refractivity contribution is 5.71. The van der Waals surface area contributed by atoms with Crippen LogP contribution in [0.5, 0.6) is 5.75 Å². The van der Waals surface area contributed by atoms with Gasteiger partial charge in [-0.1, -0.05) is 12.1 Å². The number of amides is 2. The third-order valence-electron chi connectivity index (χ3n) is 1.93. The number of carbonyl (C=O) groups excluding carboxylic acids is 1. The average Bonchev–Trinajstić information content (AvgIpc) is 2.18. The molecule has 0 bridgehead atoms. The number of urea groups is 1. The number of methoxy groups -OCH3 is 1. The molecule has 4 heteroatoms. The van der Waals surface area contributed by atoms with Crippen molar-refractivity contribution in [2.24, 2.45) is 5.73 Å². The van der Waals surface area contributed by atoms with Gasteiger partial charge in [0.25, 0.3) is 0 Å². The minimum Gasteiger partial charge on any atom is -0.497 e. The third kappa shape index (κ3) is 2.65. The molecular formula is C10H14N2O2. The van der Waals surface area contributed by atoms with E-state index in [0.717, 1.165) is 11.3 Å². The number of primary amides is 1. The summed E-state index contributed by atoms with van der Waals surface area (Å²) >= 11 is 0. The first kappa shape index (κ1) is 10.4. The molecule has 76 valence electrons. The van der Waals surface area contributed by atoms with Gasteiger partial charge in [-0.05, 0) is 17.7 Å². The van der Waals surface area contributed by atoms with Gasteiger partial charge in [0.2, 0.25) is 0 Å². The van der Waals surface area contributed by atoms with E-state index in [1.165, 1.54) is 4.90 Å². The van der Waals surface area contributed by atoms with Crippen LogP contribution in [0.3, 0.4) is 0 Å². The van der Waals surface area contributed by atoms with Gasteiger partial charge in [-0.3, -0.25) is 0 Å². The molecule has 1 aromatic rings. The molecule has 0 atom stereocenters. The van der Waals surface area contributed by atoms with Crippen LogP contribution >= 0.6 is 0 Å². The zero-order chi connectivity index (χ0) is 10.6. The number of ether oxygens (including phenoxy) is 1. The molecule has 0 aliphatic carbocycles. The molecule has 0 aliphatic heterocycles. The first-order chi connectivity index (χ1) is 6.63. The number of hydrogen-bond donors (Lipinski definition) is 1. The van der Waals surface area contributed by atoms with E-state index in [9.17, 15) is 4.79 Å². The van der Waals surface area contributed by atoms with E-state index in [2.05, 4.69) is 0 Å². The van der Waals surface area contributed by atoms with E-state index in [4.69, 9.17) is 10.5 Å². The van der Waals surface area contributed by atoms with E-state index >= 15 is 0 Å². The van der Waals surface area contributed by atoms with Crippen LogP contribution in [0.15, 0.2) is 24.3 Å². The first-order valence-corrected chi connectivity index (χ1v) is 4.27. The summed E-state index contributed by atoms with van der Waals surface area (Å²) in [5, 5.41) is 0. The molecule has 0 radical (unpaired) electrons. The Kier molecular flexibility index (Phi) is 3.34. The molecule has 0 unspecified atom stereocenters. The second-order valence-electron chi connectivity index (χ2n) is 3.05. The van der Waals surface area contributed by atoms with Gasteiger partial charge in [-0.2, -0.15) is 0 Å². The van der Waals surface area contributed by atoms with E-state index in [1.807, 2.05) is 24.3 Å². The van der Waals surface area contributed by atoms with Crippen LogP contribution < -0.4 is 10.5 Å². The summed E-state index contributed by atoms with van der Waals surface area (Å²) in [7, 11) is 3.26. The van der Waals surface area contributed by atoms with Crippen LogP contribution in [0.2, 0.25) is 0 Å². The SMILES string of the molecule is COc1cccc(CN(C)C(N)=O)c1. The topological polar surface area (TPSA) is 55.6 Å². The zero-order valence-electron chi connectivity index (χ0n) is 8.36. The van der Waals surface area contributed by atoms with Crippen LogP contribution in [0.4, 0.5) is 4.79 Å². The lowest BCUT2D eigenvalue weighted by molar-refractivity contribution is 0.216. The van der Waals surface area contributed by atoms with Gasteiger partial charge in [0.05, 0.1) is 7.11 Å². The Bertz CT molecular complexity index is 326. The molecule has 0 heterocycles. The largest absolute Gasteiger partial charge is 0.497 e. The maximum Gasteiger partial charge on any atom is 0.314 e. The Morgan fingerprint density at radius 2 is 2.29 bits per heavy atom. The summed E-state index contributed by atoms with van der Waals surface area (Å²) in [6, 6.07) is 7.09. The van der Waals surface area contributed by atoms with Crippen LogP contribution in [0.25, 0.3) is 0 Å². The van der Waals surface area contributed by atoms with Crippen LogP contribution in [-0.4, -0.2) is 25.1 Å². The molecule has 0 aromatic heterocycles. The molecule has 0 saturated heterocycles. The van der Waals surface area contributed by atoms with Crippen molar-refractivity contribution in [1.82, 2.24) is 4.90 Å². The third-order valence-corrected chi connectivity index (χ3v) is 1.93. The molecule has 0 spiro atoms. The fourth-order valence-electron chi connectivity index (χ4n) is 1.12. The van der Waals surface area contributed by atoms with Gasteiger partial charge in [0.15, 0.2) is 0 Å². The molecule has 14 heavy (non-hydrogen) atoms. The number of nitrogens with zero attached hydrogens (tertiary/aromatic N) is 1. The van der Waals surface area contributed by atoms with Crippen molar-refractivity contribution in [3.63, 3.8) is 0 Å². The van der Waals surface area contributed by atoms with Gasteiger partial charge < -0.3 is 15.4 Å². The fourth-order valence-corrected chi connectivity index (χ4v) is 1.12. The highest BCUT2D eigenvalue weighted by Gasteiger charge is 2.04. The van der Waals surface area contributed by atoms with Crippen LogP contribution in [0, 0.1) is 0 Å². The van der Waals surface area contributed by atoms with E-state index in [-0.39, 0.29) is 0 Å². The van der Waals surface area contributed by atoms with Crippen molar-refractivity contribution in [3.8, 4) is 5.75 Å². The van der Waals surface area contributed by atoms with Crippen molar-refractivity contribution in [3.05, 3.63) is 29.8 Å². The summed E-state index contributed by atoms with van der Waals surface area (Å²) < 4.78 is 5.06. The number of carbonyl (C=O) groups is 1. The highest BCUT2D eigenvalue weighted by Crippen LogP contribution is 2.13. The standard InChI is InChI=1S/C10H14N2O2/c1-12(10(11)13)7-8-4-3-5-9(6-8)14-2/h3-6H,7H2,1-2H3,(H2,11,13). The van der Waals surface area contributed by atoms with Crippen LogP contribution in [-0.2, 0) is 6.54 Å². The Balaban J connectivity index is 2.71. The maximum atomic E-state index is 10.8. The summed E-state index contributed by atoms with van der Waals surface area (Å²) in [5.74, 6) is 0.778. The average molecular weight is 194 g/mol. The van der Waals surface area contributed by atoms with Crippen molar-refractivity contribution in [1.29, 1.82) is 0 Å². The van der Waals surface area contributed by atoms with Gasteiger partial charge >= 0.3 is 6.03 Å². The van der Waals surface area contributed by atoms with E-state index in [1.54, 1.807) is 14.2 Å². The smallest absolute Gasteiger partial charge is 0.314 e. The van der Waals surface area contributed by atoms with Gasteiger partial charge in [0.1, 0.15) is 5.75 Å². The Labute approximate surface area is 83.3 Å². The number of benzene rings is 1.